The first-order chi connectivity index (χ1) is 10.5. The summed E-state index contributed by atoms with van der Waals surface area (Å²) in [6.07, 6.45) is 11.1. The van der Waals surface area contributed by atoms with Crippen molar-refractivity contribution in [3.05, 3.63) is 34.4 Å². The van der Waals surface area contributed by atoms with E-state index in [0.717, 1.165) is 44.1 Å². The third-order valence-corrected chi connectivity index (χ3v) is 5.00. The molecule has 1 aliphatic heterocycles. The molecule has 1 aliphatic carbocycles. The summed E-state index contributed by atoms with van der Waals surface area (Å²) in [5.74, 6) is 0.836. The highest BCUT2D eigenvalue weighted by Crippen LogP contribution is 2.37. The fourth-order valence-corrected chi connectivity index (χ4v) is 3.60. The minimum atomic E-state index is -0.0476. The lowest BCUT2D eigenvalue weighted by molar-refractivity contribution is -0.136. The highest BCUT2D eigenvalue weighted by molar-refractivity contribution is 5.92. The van der Waals surface area contributed by atoms with Crippen molar-refractivity contribution < 1.29 is 9.53 Å². The molecule has 0 amide bonds. The highest BCUT2D eigenvalue weighted by atomic mass is 16.5. The summed E-state index contributed by atoms with van der Waals surface area (Å²) in [5.41, 5.74) is 5.12. The van der Waals surface area contributed by atoms with Crippen LogP contribution < -0.4 is 0 Å². The van der Waals surface area contributed by atoms with Crippen LogP contribution in [0.15, 0.2) is 34.4 Å². The molecule has 0 bridgehead atoms. The normalized spacial score (nSPS) is 23.7. The van der Waals surface area contributed by atoms with Crippen LogP contribution in [0.25, 0.3) is 0 Å². The summed E-state index contributed by atoms with van der Waals surface area (Å²) in [5, 5.41) is 0. The standard InChI is InChI=1S/C20H30O2/c1-14(2)7-5-9-16(4)18-12-11-15(3)8-6-10-17-13-22-20(21)19(17)18/h7-8,16,18H,5-6,9-13H2,1-4H3/t16?,18-/m1/s1. The Labute approximate surface area is 135 Å². The molecule has 0 radical (unpaired) electrons. The second-order valence-corrected chi connectivity index (χ2v) is 7.16. The van der Waals surface area contributed by atoms with E-state index in [1.165, 1.54) is 16.7 Å². The van der Waals surface area contributed by atoms with E-state index in [0.29, 0.717) is 18.4 Å². The fraction of sp³-hybridized carbons (Fsp3) is 0.650. The van der Waals surface area contributed by atoms with E-state index in [9.17, 15) is 4.79 Å². The Balaban J connectivity index is 2.17. The zero-order chi connectivity index (χ0) is 16.1. The molecule has 2 heteroatoms. The Bertz CT molecular complexity index is 504. The number of carbonyl (C=O) groups is 1. The molecule has 0 N–H and O–H groups in total. The molecule has 0 aromatic heterocycles. The summed E-state index contributed by atoms with van der Waals surface area (Å²) in [4.78, 5) is 12.3. The van der Waals surface area contributed by atoms with Gasteiger partial charge in [-0.15, -0.1) is 0 Å². The van der Waals surface area contributed by atoms with E-state index >= 15 is 0 Å². The van der Waals surface area contributed by atoms with Crippen molar-refractivity contribution in [1.29, 1.82) is 0 Å². The van der Waals surface area contributed by atoms with E-state index in [4.69, 9.17) is 4.74 Å². The number of carbonyl (C=O) groups excluding carboxylic acids is 1. The fourth-order valence-electron chi connectivity index (χ4n) is 3.60. The van der Waals surface area contributed by atoms with Crippen LogP contribution >= 0.6 is 0 Å². The molecule has 0 aromatic carbocycles. The van der Waals surface area contributed by atoms with Gasteiger partial charge >= 0.3 is 5.97 Å². The Morgan fingerprint density at radius 1 is 1.41 bits per heavy atom. The molecule has 2 aliphatic rings. The Morgan fingerprint density at radius 3 is 2.91 bits per heavy atom. The molecule has 0 saturated carbocycles. The summed E-state index contributed by atoms with van der Waals surface area (Å²) < 4.78 is 5.36. The molecule has 2 atom stereocenters. The SMILES string of the molecule is CC(C)=CCCC(C)[C@H]1CCC(C)=CCCC2=C1C(=O)OC2. The molecule has 1 heterocycles. The molecule has 122 valence electrons. The van der Waals surface area contributed by atoms with Crippen molar-refractivity contribution in [3.63, 3.8) is 0 Å². The molecule has 22 heavy (non-hydrogen) atoms. The summed E-state index contributed by atoms with van der Waals surface area (Å²) >= 11 is 0. The Hall–Kier alpha value is -1.31. The molecule has 0 spiro atoms. The number of ether oxygens (including phenoxy) is 1. The maximum Gasteiger partial charge on any atom is 0.334 e. The van der Waals surface area contributed by atoms with Crippen LogP contribution in [0.5, 0.6) is 0 Å². The number of hydrogen-bond donors (Lipinski definition) is 0. The average Bonchev–Trinajstić information content (AvgIpc) is 2.83. The Kier molecular flexibility index (Phi) is 6.05. The lowest BCUT2D eigenvalue weighted by Gasteiger charge is -2.24. The van der Waals surface area contributed by atoms with Crippen LogP contribution in [0.3, 0.4) is 0 Å². The van der Waals surface area contributed by atoms with E-state index in [1.807, 2.05) is 0 Å². The number of cyclic esters (lactones) is 1. The van der Waals surface area contributed by atoms with Gasteiger partial charge in [-0.1, -0.05) is 30.2 Å². The van der Waals surface area contributed by atoms with E-state index in [2.05, 4.69) is 39.8 Å². The number of rotatable bonds is 4. The predicted octanol–water partition coefficient (Wildman–Crippen LogP) is 5.36. The Morgan fingerprint density at radius 2 is 2.18 bits per heavy atom. The van der Waals surface area contributed by atoms with Crippen molar-refractivity contribution in [1.82, 2.24) is 0 Å². The number of hydrogen-bond acceptors (Lipinski definition) is 2. The van der Waals surface area contributed by atoms with Gasteiger partial charge in [0.25, 0.3) is 0 Å². The maximum absolute atomic E-state index is 12.3. The molecule has 1 unspecified atom stereocenters. The van der Waals surface area contributed by atoms with E-state index < -0.39 is 0 Å². The van der Waals surface area contributed by atoms with Gasteiger partial charge < -0.3 is 4.74 Å². The third-order valence-electron chi connectivity index (χ3n) is 5.00. The zero-order valence-electron chi connectivity index (χ0n) is 14.6. The van der Waals surface area contributed by atoms with Crippen LogP contribution in [0.1, 0.15) is 66.2 Å². The summed E-state index contributed by atoms with van der Waals surface area (Å²) in [7, 11) is 0. The summed E-state index contributed by atoms with van der Waals surface area (Å²) in [6.45, 7) is 9.34. The second-order valence-electron chi connectivity index (χ2n) is 7.16. The van der Waals surface area contributed by atoms with Crippen LogP contribution in [-0.4, -0.2) is 12.6 Å². The predicted molar refractivity (Wildman–Crippen MR) is 91.5 cm³/mol. The van der Waals surface area contributed by atoms with Crippen molar-refractivity contribution >= 4 is 5.97 Å². The van der Waals surface area contributed by atoms with E-state index in [1.54, 1.807) is 0 Å². The van der Waals surface area contributed by atoms with Gasteiger partial charge in [0.1, 0.15) is 6.61 Å². The minimum absolute atomic E-state index is 0.0476. The van der Waals surface area contributed by atoms with Gasteiger partial charge in [-0.25, -0.2) is 4.79 Å². The van der Waals surface area contributed by atoms with Crippen LogP contribution in [-0.2, 0) is 9.53 Å². The van der Waals surface area contributed by atoms with Gasteiger partial charge in [-0.05, 0) is 76.7 Å². The minimum Gasteiger partial charge on any atom is -0.458 e. The molecule has 2 nitrogen and oxygen atoms in total. The first-order valence-electron chi connectivity index (χ1n) is 8.67. The largest absolute Gasteiger partial charge is 0.458 e. The van der Waals surface area contributed by atoms with Crippen LogP contribution in [0, 0.1) is 11.8 Å². The van der Waals surface area contributed by atoms with Gasteiger partial charge in [0.2, 0.25) is 0 Å². The first-order valence-corrected chi connectivity index (χ1v) is 8.67. The lowest BCUT2D eigenvalue weighted by atomic mass is 9.79. The number of esters is 1. The van der Waals surface area contributed by atoms with Gasteiger partial charge in [0, 0.05) is 5.57 Å². The van der Waals surface area contributed by atoms with Gasteiger partial charge in [0.15, 0.2) is 0 Å². The number of allylic oxidation sites excluding steroid dienone is 4. The first kappa shape index (κ1) is 17.1. The van der Waals surface area contributed by atoms with Crippen molar-refractivity contribution in [2.24, 2.45) is 11.8 Å². The van der Waals surface area contributed by atoms with Gasteiger partial charge in [-0.3, -0.25) is 0 Å². The average molecular weight is 302 g/mol. The van der Waals surface area contributed by atoms with Crippen LogP contribution in [0.4, 0.5) is 0 Å². The topological polar surface area (TPSA) is 26.3 Å². The quantitative estimate of drug-likeness (QED) is 0.516. The van der Waals surface area contributed by atoms with Gasteiger partial charge in [-0.2, -0.15) is 0 Å². The molecular formula is C20H30O2. The smallest absolute Gasteiger partial charge is 0.334 e. The van der Waals surface area contributed by atoms with Crippen LogP contribution in [0.2, 0.25) is 0 Å². The molecule has 0 fully saturated rings. The molecule has 2 rings (SSSR count). The second kappa shape index (κ2) is 7.80. The van der Waals surface area contributed by atoms with E-state index in [-0.39, 0.29) is 5.97 Å². The monoisotopic (exact) mass is 302 g/mol. The molecular weight excluding hydrogens is 272 g/mol. The lowest BCUT2D eigenvalue weighted by Crippen LogP contribution is -2.19. The van der Waals surface area contributed by atoms with Crippen molar-refractivity contribution in [3.8, 4) is 0 Å². The summed E-state index contributed by atoms with van der Waals surface area (Å²) in [6, 6.07) is 0. The zero-order valence-corrected chi connectivity index (χ0v) is 14.6. The highest BCUT2D eigenvalue weighted by Gasteiger charge is 2.34. The van der Waals surface area contributed by atoms with Crippen molar-refractivity contribution in [2.45, 2.75) is 66.2 Å². The molecule has 0 saturated heterocycles. The van der Waals surface area contributed by atoms with Gasteiger partial charge in [0.05, 0.1) is 0 Å². The third kappa shape index (κ3) is 4.34. The van der Waals surface area contributed by atoms with Crippen molar-refractivity contribution in [2.75, 3.05) is 6.61 Å². The molecule has 0 aromatic rings. The maximum atomic E-state index is 12.3.